The van der Waals surface area contributed by atoms with Gasteiger partial charge in [-0.2, -0.15) is 0 Å². The summed E-state index contributed by atoms with van der Waals surface area (Å²) in [7, 11) is -1.48. The van der Waals surface area contributed by atoms with Gasteiger partial charge in [-0.05, 0) is 23.0 Å². The van der Waals surface area contributed by atoms with Gasteiger partial charge in [-0.25, -0.2) is 0 Å². The number of H-pyrrole nitrogens is 1. The monoisotopic (exact) mass is 189 g/mol. The SMILES string of the molecule is O=c1ccc2cc(B(O)O)ccc2[nH]1. The van der Waals surface area contributed by atoms with E-state index >= 15 is 0 Å². The average molecular weight is 189 g/mol. The molecule has 0 fully saturated rings. The van der Waals surface area contributed by atoms with Crippen LogP contribution in [0.4, 0.5) is 0 Å². The maximum absolute atomic E-state index is 10.9. The molecule has 0 amide bonds. The van der Waals surface area contributed by atoms with Crippen LogP contribution in [-0.4, -0.2) is 22.2 Å². The normalized spacial score (nSPS) is 10.4. The van der Waals surface area contributed by atoms with Gasteiger partial charge >= 0.3 is 7.12 Å². The van der Waals surface area contributed by atoms with Crippen molar-refractivity contribution < 1.29 is 10.0 Å². The van der Waals surface area contributed by atoms with Crippen LogP contribution in [0, 0.1) is 0 Å². The topological polar surface area (TPSA) is 73.3 Å². The molecule has 0 saturated heterocycles. The summed E-state index contributed by atoms with van der Waals surface area (Å²) in [5.74, 6) is 0. The number of nitrogens with one attached hydrogen (secondary N) is 1. The number of hydrogen-bond donors (Lipinski definition) is 3. The van der Waals surface area contributed by atoms with Crippen molar-refractivity contribution in [1.82, 2.24) is 4.98 Å². The van der Waals surface area contributed by atoms with Crippen molar-refractivity contribution >= 4 is 23.5 Å². The van der Waals surface area contributed by atoms with Crippen LogP contribution in [0.2, 0.25) is 0 Å². The maximum atomic E-state index is 10.9. The predicted molar refractivity (Wildman–Crippen MR) is 54.4 cm³/mol. The lowest BCUT2D eigenvalue weighted by molar-refractivity contribution is 0.426. The van der Waals surface area contributed by atoms with Crippen LogP contribution in [0.1, 0.15) is 0 Å². The molecule has 0 radical (unpaired) electrons. The second-order valence-electron chi connectivity index (χ2n) is 3.04. The Hall–Kier alpha value is -1.59. The minimum Gasteiger partial charge on any atom is -0.423 e. The van der Waals surface area contributed by atoms with Gasteiger partial charge in [0.1, 0.15) is 0 Å². The summed E-state index contributed by atoms with van der Waals surface area (Å²) in [6, 6.07) is 7.86. The van der Waals surface area contributed by atoms with E-state index in [9.17, 15) is 4.79 Å². The second kappa shape index (κ2) is 3.28. The highest BCUT2D eigenvalue weighted by atomic mass is 16.4. The fourth-order valence-electron chi connectivity index (χ4n) is 1.33. The average Bonchev–Trinajstić information content (AvgIpc) is 2.16. The van der Waals surface area contributed by atoms with Crippen LogP contribution >= 0.6 is 0 Å². The Kier molecular flexibility index (Phi) is 2.11. The van der Waals surface area contributed by atoms with Gasteiger partial charge in [0.05, 0.1) is 0 Å². The molecule has 0 bridgehead atoms. The third-order valence-corrected chi connectivity index (χ3v) is 2.05. The Morgan fingerprint density at radius 1 is 1.14 bits per heavy atom. The van der Waals surface area contributed by atoms with Crippen molar-refractivity contribution in [2.75, 3.05) is 0 Å². The van der Waals surface area contributed by atoms with Crippen LogP contribution in [0.5, 0.6) is 0 Å². The standard InChI is InChI=1S/C9H8BNO3/c12-9-4-1-6-5-7(10(13)14)2-3-8(6)11-9/h1-5,13-14H,(H,11,12). The highest BCUT2D eigenvalue weighted by molar-refractivity contribution is 6.58. The molecule has 70 valence electrons. The summed E-state index contributed by atoms with van der Waals surface area (Å²) in [4.78, 5) is 13.6. The summed E-state index contributed by atoms with van der Waals surface area (Å²) >= 11 is 0. The number of aromatic nitrogens is 1. The summed E-state index contributed by atoms with van der Waals surface area (Å²) < 4.78 is 0. The lowest BCUT2D eigenvalue weighted by atomic mass is 9.80. The van der Waals surface area contributed by atoms with Gasteiger partial charge in [-0.15, -0.1) is 0 Å². The van der Waals surface area contributed by atoms with Gasteiger partial charge in [0, 0.05) is 11.6 Å². The number of fused-ring (bicyclic) bond motifs is 1. The molecule has 0 unspecified atom stereocenters. The molecule has 0 aliphatic carbocycles. The van der Waals surface area contributed by atoms with Crippen LogP contribution in [0.25, 0.3) is 10.9 Å². The van der Waals surface area contributed by atoms with E-state index in [4.69, 9.17) is 10.0 Å². The smallest absolute Gasteiger partial charge is 0.423 e. The summed E-state index contributed by atoms with van der Waals surface area (Å²) in [6.07, 6.45) is 0. The zero-order chi connectivity index (χ0) is 10.1. The van der Waals surface area contributed by atoms with Gasteiger partial charge in [-0.3, -0.25) is 4.79 Å². The molecule has 0 aliphatic rings. The van der Waals surface area contributed by atoms with E-state index in [1.165, 1.54) is 6.07 Å². The molecule has 5 heteroatoms. The first-order valence-corrected chi connectivity index (χ1v) is 4.16. The zero-order valence-electron chi connectivity index (χ0n) is 7.27. The van der Waals surface area contributed by atoms with E-state index in [1.54, 1.807) is 24.3 Å². The molecule has 2 aromatic rings. The molecule has 1 aromatic carbocycles. The largest absolute Gasteiger partial charge is 0.488 e. The Bertz CT molecular complexity index is 521. The second-order valence-corrected chi connectivity index (χ2v) is 3.04. The molecule has 0 atom stereocenters. The van der Waals surface area contributed by atoms with Gasteiger partial charge in [-0.1, -0.05) is 12.1 Å². The number of benzene rings is 1. The Morgan fingerprint density at radius 3 is 2.64 bits per heavy atom. The third-order valence-electron chi connectivity index (χ3n) is 2.05. The highest BCUT2D eigenvalue weighted by Crippen LogP contribution is 2.05. The molecule has 0 saturated carbocycles. The highest BCUT2D eigenvalue weighted by Gasteiger charge is 2.10. The van der Waals surface area contributed by atoms with Crippen LogP contribution in [0.15, 0.2) is 35.1 Å². The quantitative estimate of drug-likeness (QED) is 0.514. The molecule has 4 nitrogen and oxygen atoms in total. The van der Waals surface area contributed by atoms with Crippen molar-refractivity contribution in [1.29, 1.82) is 0 Å². The van der Waals surface area contributed by atoms with Crippen molar-refractivity contribution in [3.63, 3.8) is 0 Å². The van der Waals surface area contributed by atoms with Crippen LogP contribution in [0.3, 0.4) is 0 Å². The minimum atomic E-state index is -1.48. The maximum Gasteiger partial charge on any atom is 0.488 e. The first-order chi connectivity index (χ1) is 6.66. The first-order valence-electron chi connectivity index (χ1n) is 4.16. The molecule has 0 spiro atoms. The van der Waals surface area contributed by atoms with E-state index < -0.39 is 7.12 Å². The minimum absolute atomic E-state index is 0.171. The Balaban J connectivity index is 2.67. The fraction of sp³-hybridized carbons (Fsp3) is 0. The van der Waals surface area contributed by atoms with Crippen LogP contribution < -0.4 is 11.0 Å². The zero-order valence-corrected chi connectivity index (χ0v) is 7.27. The first kappa shape index (κ1) is 8.99. The third kappa shape index (κ3) is 1.55. The van der Waals surface area contributed by atoms with Crippen molar-refractivity contribution in [3.05, 3.63) is 40.7 Å². The van der Waals surface area contributed by atoms with E-state index in [0.717, 1.165) is 5.39 Å². The molecule has 3 N–H and O–H groups in total. The predicted octanol–water partition coefficient (Wildman–Crippen LogP) is -0.792. The summed E-state index contributed by atoms with van der Waals surface area (Å²) in [6.45, 7) is 0. The molecule has 1 heterocycles. The fourth-order valence-corrected chi connectivity index (χ4v) is 1.33. The molecule has 0 aliphatic heterocycles. The number of hydrogen-bond acceptors (Lipinski definition) is 3. The summed E-state index contributed by atoms with van der Waals surface area (Å²) in [5, 5.41) is 18.6. The van der Waals surface area contributed by atoms with Gasteiger partial charge in [0.2, 0.25) is 5.56 Å². The van der Waals surface area contributed by atoms with Crippen molar-refractivity contribution in [2.45, 2.75) is 0 Å². The van der Waals surface area contributed by atoms with Gasteiger partial charge in [0.15, 0.2) is 0 Å². The van der Waals surface area contributed by atoms with Crippen molar-refractivity contribution in [2.24, 2.45) is 0 Å². The Labute approximate surface area is 80.0 Å². The van der Waals surface area contributed by atoms with E-state index in [0.29, 0.717) is 11.0 Å². The summed E-state index contributed by atoms with van der Waals surface area (Å²) in [5.41, 5.74) is 0.918. The van der Waals surface area contributed by atoms with Gasteiger partial charge < -0.3 is 15.0 Å². The molecule has 1 aromatic heterocycles. The molecule has 2 rings (SSSR count). The molecular formula is C9H8BNO3. The Morgan fingerprint density at radius 2 is 1.93 bits per heavy atom. The van der Waals surface area contributed by atoms with Crippen LogP contribution in [-0.2, 0) is 0 Å². The number of rotatable bonds is 1. The lowest BCUT2D eigenvalue weighted by Gasteiger charge is -2.01. The number of aromatic amines is 1. The van der Waals surface area contributed by atoms with E-state index in [1.807, 2.05) is 0 Å². The molecule has 14 heavy (non-hydrogen) atoms. The van der Waals surface area contributed by atoms with E-state index in [2.05, 4.69) is 4.98 Å². The molecular weight excluding hydrogens is 181 g/mol. The van der Waals surface area contributed by atoms with E-state index in [-0.39, 0.29) is 5.56 Å². The number of pyridine rings is 1. The van der Waals surface area contributed by atoms with Gasteiger partial charge in [0.25, 0.3) is 0 Å². The lowest BCUT2D eigenvalue weighted by Crippen LogP contribution is -2.29. The van der Waals surface area contributed by atoms with Crippen molar-refractivity contribution in [3.8, 4) is 0 Å².